The van der Waals surface area contributed by atoms with Crippen molar-refractivity contribution in [2.75, 3.05) is 19.7 Å². The standard InChI is InChI=1S/C40H54BN3O7/c1-38(2,3)49-36(46)42-20-12-11-18-32(43-37(47)48-24-30-28-16-9-7-14-26(28)27-15-8-10-17-29(27)30)35(45)44-21-13-19-33(44)41-50-34-31-22-25(39(31,4)5)23-40(34,6)51-41/h7-10,14-17,25,30-34H,11-13,18-24H2,1-6H3,(H,42,46)(H,43,47)/t25-,31+,32+,33+,34-,40+/m1/s1. The van der Waals surface area contributed by atoms with Gasteiger partial charge in [-0.25, -0.2) is 9.59 Å². The van der Waals surface area contributed by atoms with Gasteiger partial charge in [0.15, 0.2) is 0 Å². The van der Waals surface area contributed by atoms with Crippen LogP contribution in [-0.4, -0.2) is 79.1 Å². The van der Waals surface area contributed by atoms with Crippen LogP contribution in [-0.2, 0) is 23.6 Å². The summed E-state index contributed by atoms with van der Waals surface area (Å²) in [6.45, 7) is 13.5. The Morgan fingerprint density at radius 2 is 1.69 bits per heavy atom. The summed E-state index contributed by atoms with van der Waals surface area (Å²) < 4.78 is 24.7. The molecule has 0 aromatic heterocycles. The quantitative estimate of drug-likeness (QED) is 0.206. The van der Waals surface area contributed by atoms with Gasteiger partial charge in [0.05, 0.1) is 17.6 Å². The Morgan fingerprint density at radius 1 is 1.00 bits per heavy atom. The van der Waals surface area contributed by atoms with E-state index in [0.717, 1.165) is 41.5 Å². The molecule has 10 nitrogen and oxygen atoms in total. The van der Waals surface area contributed by atoms with Crippen LogP contribution in [0.2, 0.25) is 0 Å². The first-order valence-corrected chi connectivity index (χ1v) is 19.0. The highest BCUT2D eigenvalue weighted by Crippen LogP contribution is 2.65. The lowest BCUT2D eigenvalue weighted by Crippen LogP contribution is -2.63. The minimum atomic E-state index is -0.797. The van der Waals surface area contributed by atoms with Crippen LogP contribution in [0.3, 0.4) is 0 Å². The zero-order chi connectivity index (χ0) is 36.1. The highest BCUT2D eigenvalue weighted by atomic mass is 16.7. The van der Waals surface area contributed by atoms with Gasteiger partial charge in [-0.15, -0.1) is 0 Å². The summed E-state index contributed by atoms with van der Waals surface area (Å²) >= 11 is 0. The normalized spacial score (nSPS) is 27.9. The molecular weight excluding hydrogens is 645 g/mol. The Bertz CT molecular complexity index is 1600. The summed E-state index contributed by atoms with van der Waals surface area (Å²) in [5, 5.41) is 5.73. The summed E-state index contributed by atoms with van der Waals surface area (Å²) in [4.78, 5) is 41.9. The average molecular weight is 700 g/mol. The number of nitrogens with zero attached hydrogens (tertiary/aromatic N) is 1. The van der Waals surface area contributed by atoms with Gasteiger partial charge in [0.2, 0.25) is 5.91 Å². The number of carbonyl (C=O) groups is 3. The first-order valence-electron chi connectivity index (χ1n) is 19.0. The van der Waals surface area contributed by atoms with Crippen molar-refractivity contribution in [1.82, 2.24) is 15.5 Å². The molecule has 2 saturated heterocycles. The molecule has 3 saturated carbocycles. The molecule has 274 valence electrons. The molecule has 51 heavy (non-hydrogen) atoms. The third-order valence-corrected chi connectivity index (χ3v) is 12.2. The maximum Gasteiger partial charge on any atom is 0.481 e. The maximum atomic E-state index is 14.4. The van der Waals surface area contributed by atoms with Gasteiger partial charge >= 0.3 is 19.3 Å². The number of hydrogen-bond donors (Lipinski definition) is 2. The molecule has 2 aliphatic heterocycles. The minimum Gasteiger partial charge on any atom is -0.449 e. The zero-order valence-corrected chi connectivity index (χ0v) is 31.0. The van der Waals surface area contributed by atoms with Crippen LogP contribution >= 0.6 is 0 Å². The van der Waals surface area contributed by atoms with Crippen molar-refractivity contribution in [3.63, 3.8) is 0 Å². The van der Waals surface area contributed by atoms with E-state index in [2.05, 4.69) is 55.7 Å². The lowest BCUT2D eigenvalue weighted by Gasteiger charge is -2.63. The Hall–Kier alpha value is -3.57. The number of hydrogen-bond acceptors (Lipinski definition) is 7. The van der Waals surface area contributed by atoms with Crippen molar-refractivity contribution in [3.8, 4) is 11.1 Å². The second-order valence-electron chi connectivity index (χ2n) is 17.1. The Balaban J connectivity index is 1.01. The third kappa shape index (κ3) is 7.00. The van der Waals surface area contributed by atoms with E-state index in [0.29, 0.717) is 44.2 Å². The predicted molar refractivity (Wildman–Crippen MR) is 195 cm³/mol. The smallest absolute Gasteiger partial charge is 0.449 e. The molecule has 5 fully saturated rings. The van der Waals surface area contributed by atoms with E-state index in [9.17, 15) is 14.4 Å². The van der Waals surface area contributed by atoms with Crippen LogP contribution in [0.15, 0.2) is 48.5 Å². The summed E-state index contributed by atoms with van der Waals surface area (Å²) in [6.07, 6.45) is 4.32. The zero-order valence-electron chi connectivity index (χ0n) is 31.0. The molecule has 0 unspecified atom stereocenters. The van der Waals surface area contributed by atoms with Crippen molar-refractivity contribution >= 4 is 25.2 Å². The molecule has 2 aromatic carbocycles. The van der Waals surface area contributed by atoms with Crippen LogP contribution in [0.5, 0.6) is 0 Å². The van der Waals surface area contributed by atoms with Crippen LogP contribution < -0.4 is 10.6 Å². The van der Waals surface area contributed by atoms with Crippen LogP contribution in [0.1, 0.15) is 104 Å². The summed E-state index contributed by atoms with van der Waals surface area (Å²) in [6, 6.07) is 15.6. The molecule has 2 aromatic rings. The maximum absolute atomic E-state index is 14.4. The number of alkyl carbamates (subject to hydrolysis) is 2. The molecule has 2 heterocycles. The highest BCUT2D eigenvalue weighted by molar-refractivity contribution is 6.48. The Morgan fingerprint density at radius 3 is 2.35 bits per heavy atom. The van der Waals surface area contributed by atoms with E-state index < -0.39 is 30.9 Å². The highest BCUT2D eigenvalue weighted by Gasteiger charge is 2.68. The van der Waals surface area contributed by atoms with Gasteiger partial charge < -0.3 is 34.3 Å². The average Bonchev–Trinajstić information content (AvgIpc) is 3.79. The molecule has 0 radical (unpaired) electrons. The molecule has 3 amide bonds. The Kier molecular flexibility index (Phi) is 9.67. The largest absolute Gasteiger partial charge is 0.481 e. The summed E-state index contributed by atoms with van der Waals surface area (Å²) in [5.41, 5.74) is 3.88. The molecular formula is C40H54BN3O7. The summed E-state index contributed by atoms with van der Waals surface area (Å²) in [5.74, 6) is 0.623. The number of ether oxygens (including phenoxy) is 2. The van der Waals surface area contributed by atoms with Crippen LogP contribution in [0.4, 0.5) is 9.59 Å². The monoisotopic (exact) mass is 699 g/mol. The molecule has 4 aliphatic carbocycles. The fraction of sp³-hybridized carbons (Fsp3) is 0.625. The second kappa shape index (κ2) is 13.8. The van der Waals surface area contributed by atoms with Gasteiger partial charge in [-0.3, -0.25) is 4.79 Å². The lowest BCUT2D eigenvalue weighted by molar-refractivity contribution is -0.185. The van der Waals surface area contributed by atoms with Gasteiger partial charge in [0.25, 0.3) is 0 Å². The molecule has 2 N–H and O–H groups in total. The third-order valence-electron chi connectivity index (χ3n) is 12.2. The SMILES string of the molecule is CC(C)(C)OC(=O)NCCCC[C@H](NC(=O)OCC1c2ccccc2-c2ccccc21)C(=O)N1CCC[C@H]1B1O[C@@H]2[C@@H]3C[C@H](C[C@]2(C)O1)C3(C)C. The number of benzene rings is 2. The number of amides is 3. The molecule has 6 aliphatic rings. The molecule has 11 heteroatoms. The molecule has 8 rings (SSSR count). The van der Waals surface area contributed by atoms with E-state index in [4.69, 9.17) is 18.8 Å². The topological polar surface area (TPSA) is 115 Å². The van der Waals surface area contributed by atoms with Crippen LogP contribution in [0, 0.1) is 17.3 Å². The van der Waals surface area contributed by atoms with Crippen molar-refractivity contribution < 1.29 is 33.2 Å². The van der Waals surface area contributed by atoms with Crippen LogP contribution in [0.25, 0.3) is 11.1 Å². The van der Waals surface area contributed by atoms with Crippen molar-refractivity contribution in [3.05, 3.63) is 59.7 Å². The van der Waals surface area contributed by atoms with Crippen molar-refractivity contribution in [1.29, 1.82) is 0 Å². The van der Waals surface area contributed by atoms with Gasteiger partial charge in [0.1, 0.15) is 18.2 Å². The molecule has 0 spiro atoms. The van der Waals surface area contributed by atoms with Gasteiger partial charge in [-0.1, -0.05) is 62.4 Å². The molecule has 6 atom stereocenters. The van der Waals surface area contributed by atoms with Gasteiger partial charge in [-0.2, -0.15) is 0 Å². The van der Waals surface area contributed by atoms with Crippen molar-refractivity contribution in [2.24, 2.45) is 17.3 Å². The number of unbranched alkanes of at least 4 members (excludes halogenated alkanes) is 1. The van der Waals surface area contributed by atoms with Gasteiger partial charge in [-0.05, 0) is 112 Å². The van der Waals surface area contributed by atoms with E-state index in [-0.39, 0.29) is 41.5 Å². The number of carbonyl (C=O) groups excluding carboxylic acids is 3. The number of nitrogens with one attached hydrogen (secondary N) is 2. The second-order valence-corrected chi connectivity index (χ2v) is 17.1. The lowest BCUT2D eigenvalue weighted by atomic mass is 9.45. The van der Waals surface area contributed by atoms with E-state index in [1.165, 1.54) is 6.42 Å². The van der Waals surface area contributed by atoms with E-state index >= 15 is 0 Å². The number of fused-ring (bicyclic) bond motifs is 3. The number of likely N-dealkylation sites (tertiary alicyclic amines) is 1. The fourth-order valence-corrected chi connectivity index (χ4v) is 9.48. The fourth-order valence-electron chi connectivity index (χ4n) is 9.48. The Labute approximate surface area is 302 Å². The number of rotatable bonds is 10. The van der Waals surface area contributed by atoms with E-state index in [1.54, 1.807) is 0 Å². The van der Waals surface area contributed by atoms with Gasteiger partial charge in [0, 0.05) is 19.0 Å². The summed E-state index contributed by atoms with van der Waals surface area (Å²) in [7, 11) is -0.491. The minimum absolute atomic E-state index is 0.0206. The first kappa shape index (κ1) is 35.8. The first-order chi connectivity index (χ1) is 24.2. The van der Waals surface area contributed by atoms with E-state index in [1.807, 2.05) is 49.9 Å². The van der Waals surface area contributed by atoms with Crippen molar-refractivity contribution in [2.45, 2.75) is 122 Å². The predicted octanol–water partition coefficient (Wildman–Crippen LogP) is 6.85. The molecule has 2 bridgehead atoms.